The summed E-state index contributed by atoms with van der Waals surface area (Å²) in [4.78, 5) is 45.6. The summed E-state index contributed by atoms with van der Waals surface area (Å²) in [7, 11) is 0. The van der Waals surface area contributed by atoms with Gasteiger partial charge in [0.05, 0.1) is 0 Å². The van der Waals surface area contributed by atoms with Crippen molar-refractivity contribution < 1.29 is 24.3 Å². The van der Waals surface area contributed by atoms with Crippen molar-refractivity contribution >= 4 is 23.6 Å². The van der Waals surface area contributed by atoms with Crippen LogP contribution in [-0.2, 0) is 19.2 Å². The van der Waals surface area contributed by atoms with Gasteiger partial charge < -0.3 is 28.0 Å². The molecule has 0 aliphatic rings. The Morgan fingerprint density at radius 3 is 1.48 bits per heavy atom. The average molecular weight is 330 g/mol. The number of aliphatic hydroxyl groups excluding tert-OH is 1. The van der Waals surface area contributed by atoms with Crippen molar-refractivity contribution in [2.24, 2.45) is 46.6 Å². The van der Waals surface area contributed by atoms with E-state index in [2.05, 4.69) is 0 Å². The van der Waals surface area contributed by atoms with Crippen LogP contribution in [0.25, 0.3) is 0 Å². The third-order valence-corrected chi connectivity index (χ3v) is 3.95. The minimum atomic E-state index is -0.823. The van der Waals surface area contributed by atoms with E-state index in [1.165, 1.54) is 0 Å². The molecule has 0 spiro atoms. The van der Waals surface area contributed by atoms with Gasteiger partial charge in [-0.15, -0.1) is 0 Å². The van der Waals surface area contributed by atoms with Gasteiger partial charge in [0.25, 0.3) is 0 Å². The maximum atomic E-state index is 11.6. The zero-order valence-electron chi connectivity index (χ0n) is 13.2. The molecule has 0 aromatic heterocycles. The number of carbonyl (C=O) groups excluding carboxylic acids is 4. The molecule has 4 amide bonds. The van der Waals surface area contributed by atoms with Crippen LogP contribution >= 0.6 is 0 Å². The van der Waals surface area contributed by atoms with E-state index in [9.17, 15) is 19.2 Å². The van der Waals surface area contributed by atoms with Crippen molar-refractivity contribution in [3.8, 4) is 0 Å². The molecule has 0 saturated heterocycles. The Bertz CT molecular complexity index is 454. The van der Waals surface area contributed by atoms with E-state index in [1.807, 2.05) is 0 Å². The van der Waals surface area contributed by atoms with Crippen molar-refractivity contribution in [2.75, 3.05) is 6.61 Å². The predicted molar refractivity (Wildman–Crippen MR) is 82.0 cm³/mol. The highest BCUT2D eigenvalue weighted by Crippen LogP contribution is 2.26. The number of aliphatic hydroxyl groups is 1. The number of nitrogens with two attached hydrogens (primary N) is 4. The van der Waals surface area contributed by atoms with Crippen molar-refractivity contribution in [3.05, 3.63) is 0 Å². The summed E-state index contributed by atoms with van der Waals surface area (Å²) in [5, 5.41) is 8.94. The standard InChI is InChI=1S/C14H26N4O5/c1-7(11(15)20)4-9(13(17)22)6-10(14(18)23)5-8(2-3-19)12(16)21/h7-10,19H,2-6H2,1H3,(H2,15,20)(H2,16,21)(H2,17,22)(H2,18,23). The third-order valence-electron chi connectivity index (χ3n) is 3.95. The molecule has 0 aliphatic carbocycles. The van der Waals surface area contributed by atoms with E-state index in [0.29, 0.717) is 0 Å². The Morgan fingerprint density at radius 1 is 0.739 bits per heavy atom. The molecular formula is C14H26N4O5. The maximum Gasteiger partial charge on any atom is 0.220 e. The lowest BCUT2D eigenvalue weighted by Crippen LogP contribution is -2.36. The van der Waals surface area contributed by atoms with Crippen molar-refractivity contribution in [2.45, 2.75) is 32.6 Å². The van der Waals surface area contributed by atoms with Crippen LogP contribution in [0.5, 0.6) is 0 Å². The first-order valence-electron chi connectivity index (χ1n) is 7.38. The van der Waals surface area contributed by atoms with E-state index in [-0.39, 0.29) is 32.3 Å². The van der Waals surface area contributed by atoms with E-state index in [4.69, 9.17) is 28.0 Å². The molecule has 0 aromatic rings. The first-order valence-corrected chi connectivity index (χ1v) is 7.38. The topological polar surface area (TPSA) is 193 Å². The second kappa shape index (κ2) is 9.78. The van der Waals surface area contributed by atoms with Crippen LogP contribution < -0.4 is 22.9 Å². The van der Waals surface area contributed by atoms with Crippen LogP contribution in [0.4, 0.5) is 0 Å². The highest BCUT2D eigenvalue weighted by molar-refractivity contribution is 5.82. The van der Waals surface area contributed by atoms with Gasteiger partial charge in [-0.05, 0) is 25.7 Å². The molecule has 0 aliphatic heterocycles. The predicted octanol–water partition coefficient (Wildman–Crippen LogP) is -2.03. The van der Waals surface area contributed by atoms with Crippen LogP contribution in [0.3, 0.4) is 0 Å². The van der Waals surface area contributed by atoms with Gasteiger partial charge in [0.1, 0.15) is 0 Å². The van der Waals surface area contributed by atoms with Crippen LogP contribution in [0.1, 0.15) is 32.6 Å². The Labute approximate surface area is 134 Å². The smallest absolute Gasteiger partial charge is 0.220 e. The molecule has 4 unspecified atom stereocenters. The van der Waals surface area contributed by atoms with Gasteiger partial charge in [-0.2, -0.15) is 0 Å². The fourth-order valence-corrected chi connectivity index (χ4v) is 2.42. The maximum absolute atomic E-state index is 11.6. The Hall–Kier alpha value is -2.16. The average Bonchev–Trinajstić information content (AvgIpc) is 2.43. The second-order valence-corrected chi connectivity index (χ2v) is 5.82. The highest BCUT2D eigenvalue weighted by atomic mass is 16.3. The van der Waals surface area contributed by atoms with Crippen LogP contribution in [-0.4, -0.2) is 35.3 Å². The zero-order valence-corrected chi connectivity index (χ0v) is 13.2. The molecule has 9 N–H and O–H groups in total. The molecule has 0 fully saturated rings. The lowest BCUT2D eigenvalue weighted by molar-refractivity contribution is -0.127. The molecule has 0 saturated carbocycles. The van der Waals surface area contributed by atoms with Gasteiger partial charge in [0.15, 0.2) is 0 Å². The number of amides is 4. The van der Waals surface area contributed by atoms with Gasteiger partial charge in [-0.1, -0.05) is 6.92 Å². The quantitative estimate of drug-likeness (QED) is 0.275. The summed E-state index contributed by atoms with van der Waals surface area (Å²) >= 11 is 0. The summed E-state index contributed by atoms with van der Waals surface area (Å²) in [6.45, 7) is 1.28. The van der Waals surface area contributed by atoms with Crippen LogP contribution in [0.2, 0.25) is 0 Å². The van der Waals surface area contributed by atoms with Crippen molar-refractivity contribution in [1.29, 1.82) is 0 Å². The lowest BCUT2D eigenvalue weighted by Gasteiger charge is -2.23. The normalized spacial score (nSPS) is 16.1. The molecule has 0 aromatic carbocycles. The summed E-state index contributed by atoms with van der Waals surface area (Å²) in [5.41, 5.74) is 21.0. The largest absolute Gasteiger partial charge is 0.396 e. The van der Waals surface area contributed by atoms with Gasteiger partial charge >= 0.3 is 0 Å². The lowest BCUT2D eigenvalue weighted by atomic mass is 9.81. The number of primary amides is 4. The Balaban J connectivity index is 5.05. The van der Waals surface area contributed by atoms with Gasteiger partial charge in [-0.25, -0.2) is 0 Å². The van der Waals surface area contributed by atoms with Gasteiger partial charge in [-0.3, -0.25) is 19.2 Å². The molecule has 4 atom stereocenters. The summed E-state index contributed by atoms with van der Waals surface area (Å²) in [5.74, 6) is -5.55. The Morgan fingerprint density at radius 2 is 1.13 bits per heavy atom. The summed E-state index contributed by atoms with van der Waals surface area (Å²) < 4.78 is 0. The molecule has 0 radical (unpaired) electrons. The molecule has 0 bridgehead atoms. The second-order valence-electron chi connectivity index (χ2n) is 5.82. The first kappa shape index (κ1) is 20.8. The third kappa shape index (κ3) is 7.59. The zero-order chi connectivity index (χ0) is 18.2. The highest BCUT2D eigenvalue weighted by Gasteiger charge is 2.30. The van der Waals surface area contributed by atoms with Gasteiger partial charge in [0, 0.05) is 30.3 Å². The van der Waals surface area contributed by atoms with E-state index < -0.39 is 47.3 Å². The monoisotopic (exact) mass is 330 g/mol. The van der Waals surface area contributed by atoms with E-state index in [1.54, 1.807) is 6.92 Å². The fraction of sp³-hybridized carbons (Fsp3) is 0.714. The van der Waals surface area contributed by atoms with Crippen LogP contribution in [0.15, 0.2) is 0 Å². The van der Waals surface area contributed by atoms with E-state index >= 15 is 0 Å². The Kier molecular flexibility index (Phi) is 8.86. The van der Waals surface area contributed by atoms with Crippen LogP contribution in [0, 0.1) is 23.7 Å². The number of hydrogen-bond acceptors (Lipinski definition) is 5. The van der Waals surface area contributed by atoms with Crippen molar-refractivity contribution in [3.63, 3.8) is 0 Å². The summed E-state index contributed by atoms with van der Waals surface area (Å²) in [6, 6.07) is 0. The fourth-order valence-electron chi connectivity index (χ4n) is 2.42. The summed E-state index contributed by atoms with van der Waals surface area (Å²) in [6.07, 6.45) is 0.200. The van der Waals surface area contributed by atoms with E-state index in [0.717, 1.165) is 0 Å². The SMILES string of the molecule is CC(CC(CC(CC(CCO)C(N)=O)C(N)=O)C(N)=O)C(N)=O. The number of hydrogen-bond donors (Lipinski definition) is 5. The molecule has 9 heteroatoms. The molecule has 23 heavy (non-hydrogen) atoms. The molecule has 0 rings (SSSR count). The van der Waals surface area contributed by atoms with Gasteiger partial charge in [0.2, 0.25) is 23.6 Å². The molecule has 9 nitrogen and oxygen atoms in total. The number of rotatable bonds is 12. The number of carbonyl (C=O) groups is 4. The molecule has 132 valence electrons. The first-order chi connectivity index (χ1) is 10.6. The minimum absolute atomic E-state index is 0.00248. The van der Waals surface area contributed by atoms with Crippen molar-refractivity contribution in [1.82, 2.24) is 0 Å². The molecule has 0 heterocycles. The minimum Gasteiger partial charge on any atom is -0.396 e. The molecular weight excluding hydrogens is 304 g/mol.